The Morgan fingerprint density at radius 1 is 1.37 bits per heavy atom. The molecular formula is C14H17NO4. The summed E-state index contributed by atoms with van der Waals surface area (Å²) in [6.07, 6.45) is 0.973. The molecule has 5 nitrogen and oxygen atoms in total. The lowest BCUT2D eigenvalue weighted by Crippen LogP contribution is -2.39. The molecule has 0 fully saturated rings. The monoisotopic (exact) mass is 263 g/mol. The normalized spacial score (nSPS) is 17.2. The number of carbonyl (C=O) groups is 2. The summed E-state index contributed by atoms with van der Waals surface area (Å²) in [5.74, 6) is -0.453. The highest BCUT2D eigenvalue weighted by Crippen LogP contribution is 2.32. The summed E-state index contributed by atoms with van der Waals surface area (Å²) in [7, 11) is 0. The summed E-state index contributed by atoms with van der Waals surface area (Å²) in [5.41, 5.74) is 2.01. The molecule has 1 heterocycles. The SMILES string of the molecule is CCC(=O)OOC[C@@H]1Cc2ccccc2N1C(C)=O. The second kappa shape index (κ2) is 5.84. The molecule has 19 heavy (non-hydrogen) atoms. The van der Waals surface area contributed by atoms with Crippen LogP contribution in [0.25, 0.3) is 0 Å². The maximum Gasteiger partial charge on any atom is 0.342 e. The number of nitrogens with zero attached hydrogens (tertiary/aromatic N) is 1. The highest BCUT2D eigenvalue weighted by atomic mass is 17.2. The maximum absolute atomic E-state index is 11.7. The molecule has 0 saturated carbocycles. The number of para-hydroxylation sites is 1. The van der Waals surface area contributed by atoms with Crippen LogP contribution in [0.5, 0.6) is 0 Å². The van der Waals surface area contributed by atoms with Crippen LogP contribution in [0.3, 0.4) is 0 Å². The summed E-state index contributed by atoms with van der Waals surface area (Å²) in [5, 5.41) is 0. The molecule has 0 unspecified atom stereocenters. The van der Waals surface area contributed by atoms with Gasteiger partial charge in [-0.3, -0.25) is 9.68 Å². The topological polar surface area (TPSA) is 55.8 Å². The Kier molecular flexibility index (Phi) is 4.16. The lowest BCUT2D eigenvalue weighted by molar-refractivity contribution is -0.273. The van der Waals surface area contributed by atoms with E-state index in [0.717, 1.165) is 11.3 Å². The van der Waals surface area contributed by atoms with Crippen LogP contribution in [0.2, 0.25) is 0 Å². The van der Waals surface area contributed by atoms with Crippen molar-refractivity contribution in [3.8, 4) is 0 Å². The van der Waals surface area contributed by atoms with Gasteiger partial charge in [-0.2, -0.15) is 4.89 Å². The first-order valence-corrected chi connectivity index (χ1v) is 6.33. The fourth-order valence-electron chi connectivity index (χ4n) is 2.26. The van der Waals surface area contributed by atoms with Gasteiger partial charge in [0.25, 0.3) is 0 Å². The van der Waals surface area contributed by atoms with Crippen LogP contribution in [0.15, 0.2) is 24.3 Å². The Balaban J connectivity index is 2.02. The lowest BCUT2D eigenvalue weighted by atomic mass is 10.1. The predicted molar refractivity (Wildman–Crippen MR) is 69.4 cm³/mol. The fourth-order valence-corrected chi connectivity index (χ4v) is 2.26. The third-order valence-electron chi connectivity index (χ3n) is 3.11. The Labute approximate surface area is 112 Å². The van der Waals surface area contributed by atoms with Crippen molar-refractivity contribution >= 4 is 17.6 Å². The third-order valence-corrected chi connectivity index (χ3v) is 3.11. The van der Waals surface area contributed by atoms with E-state index in [1.54, 1.807) is 11.8 Å². The maximum atomic E-state index is 11.7. The fraction of sp³-hybridized carbons (Fsp3) is 0.429. The first-order valence-electron chi connectivity index (χ1n) is 6.33. The zero-order valence-electron chi connectivity index (χ0n) is 11.1. The number of hydrogen-bond donors (Lipinski definition) is 0. The van der Waals surface area contributed by atoms with E-state index in [0.29, 0.717) is 6.42 Å². The van der Waals surface area contributed by atoms with E-state index in [4.69, 9.17) is 4.89 Å². The van der Waals surface area contributed by atoms with Crippen molar-refractivity contribution < 1.29 is 19.4 Å². The molecule has 1 aromatic rings. The van der Waals surface area contributed by atoms with Crippen molar-refractivity contribution in [1.29, 1.82) is 0 Å². The van der Waals surface area contributed by atoms with Crippen LogP contribution >= 0.6 is 0 Å². The number of rotatable bonds is 4. The predicted octanol–water partition coefficient (Wildman–Crippen LogP) is 1.85. The van der Waals surface area contributed by atoms with Gasteiger partial charge in [0.05, 0.1) is 6.04 Å². The standard InChI is InChI=1S/C14H17NO4/c1-3-14(17)19-18-9-12-8-11-6-4-5-7-13(11)15(12)10(2)16/h4-7,12H,3,8-9H2,1-2H3/t12-/m0/s1. The molecule has 102 valence electrons. The van der Waals surface area contributed by atoms with E-state index in [1.807, 2.05) is 24.3 Å². The van der Waals surface area contributed by atoms with Crippen molar-refractivity contribution in [2.45, 2.75) is 32.7 Å². The molecule has 0 radical (unpaired) electrons. The molecule has 0 aromatic heterocycles. The van der Waals surface area contributed by atoms with Gasteiger partial charge in [0.1, 0.15) is 6.61 Å². The highest BCUT2D eigenvalue weighted by Gasteiger charge is 2.32. The van der Waals surface area contributed by atoms with E-state index < -0.39 is 5.97 Å². The number of amides is 1. The summed E-state index contributed by atoms with van der Waals surface area (Å²) in [6, 6.07) is 7.62. The van der Waals surface area contributed by atoms with Crippen molar-refractivity contribution in [2.75, 3.05) is 11.5 Å². The number of anilines is 1. The van der Waals surface area contributed by atoms with E-state index in [1.165, 1.54) is 6.92 Å². The zero-order chi connectivity index (χ0) is 13.8. The van der Waals surface area contributed by atoms with Crippen molar-refractivity contribution in [3.05, 3.63) is 29.8 Å². The van der Waals surface area contributed by atoms with Crippen LogP contribution in [0, 0.1) is 0 Å². The molecule has 0 aliphatic carbocycles. The van der Waals surface area contributed by atoms with Crippen LogP contribution in [-0.4, -0.2) is 24.5 Å². The average Bonchev–Trinajstić information content (AvgIpc) is 2.76. The summed E-state index contributed by atoms with van der Waals surface area (Å²) >= 11 is 0. The highest BCUT2D eigenvalue weighted by molar-refractivity contribution is 5.94. The number of fused-ring (bicyclic) bond motifs is 1. The second-order valence-corrected chi connectivity index (χ2v) is 4.47. The molecule has 1 aromatic carbocycles. The van der Waals surface area contributed by atoms with Crippen LogP contribution in [0.4, 0.5) is 5.69 Å². The summed E-state index contributed by atoms with van der Waals surface area (Å²) < 4.78 is 0. The minimum atomic E-state index is -0.412. The van der Waals surface area contributed by atoms with E-state index in [2.05, 4.69) is 4.89 Å². The van der Waals surface area contributed by atoms with E-state index >= 15 is 0 Å². The molecule has 1 amide bonds. The van der Waals surface area contributed by atoms with Gasteiger partial charge < -0.3 is 4.90 Å². The molecular weight excluding hydrogens is 246 g/mol. The van der Waals surface area contributed by atoms with Gasteiger partial charge in [-0.05, 0) is 18.1 Å². The largest absolute Gasteiger partial charge is 0.342 e. The van der Waals surface area contributed by atoms with Gasteiger partial charge in [-0.15, -0.1) is 0 Å². The first kappa shape index (κ1) is 13.5. The third kappa shape index (κ3) is 2.93. The summed E-state index contributed by atoms with van der Waals surface area (Å²) in [6.45, 7) is 3.39. The molecule has 0 bridgehead atoms. The van der Waals surface area contributed by atoms with Gasteiger partial charge in [0.15, 0.2) is 0 Å². The Bertz CT molecular complexity index is 486. The molecule has 1 aliphatic rings. The number of benzene rings is 1. The van der Waals surface area contributed by atoms with Crippen LogP contribution in [0.1, 0.15) is 25.8 Å². The quantitative estimate of drug-likeness (QED) is 0.614. The second-order valence-electron chi connectivity index (χ2n) is 4.47. The van der Waals surface area contributed by atoms with Gasteiger partial charge >= 0.3 is 5.97 Å². The average molecular weight is 263 g/mol. The lowest BCUT2D eigenvalue weighted by Gasteiger charge is -2.23. The van der Waals surface area contributed by atoms with Crippen LogP contribution in [-0.2, 0) is 25.8 Å². The van der Waals surface area contributed by atoms with Crippen LogP contribution < -0.4 is 4.90 Å². The Morgan fingerprint density at radius 3 is 2.79 bits per heavy atom. The van der Waals surface area contributed by atoms with E-state index in [9.17, 15) is 9.59 Å². The molecule has 2 rings (SSSR count). The first-order chi connectivity index (χ1) is 9.13. The van der Waals surface area contributed by atoms with Crippen molar-refractivity contribution in [2.24, 2.45) is 0 Å². The Hall–Kier alpha value is -1.88. The molecule has 0 saturated heterocycles. The zero-order valence-corrected chi connectivity index (χ0v) is 11.1. The van der Waals surface area contributed by atoms with Gasteiger partial charge in [-0.25, -0.2) is 4.79 Å². The molecule has 0 N–H and O–H groups in total. The minimum absolute atomic E-state index is 0.0413. The molecule has 1 atom stereocenters. The van der Waals surface area contributed by atoms with Gasteiger partial charge in [0, 0.05) is 19.0 Å². The minimum Gasteiger partial charge on any atom is -0.307 e. The number of hydrogen-bond acceptors (Lipinski definition) is 4. The molecule has 5 heteroatoms. The number of carbonyl (C=O) groups excluding carboxylic acids is 2. The molecule has 0 spiro atoms. The van der Waals surface area contributed by atoms with Crippen molar-refractivity contribution in [1.82, 2.24) is 0 Å². The van der Waals surface area contributed by atoms with E-state index in [-0.39, 0.29) is 25.0 Å². The van der Waals surface area contributed by atoms with Gasteiger partial charge in [-0.1, -0.05) is 25.1 Å². The molecule has 1 aliphatic heterocycles. The Morgan fingerprint density at radius 2 is 2.11 bits per heavy atom. The summed E-state index contributed by atoms with van der Waals surface area (Å²) in [4.78, 5) is 34.0. The smallest absolute Gasteiger partial charge is 0.307 e. The van der Waals surface area contributed by atoms with Gasteiger partial charge in [0.2, 0.25) is 5.91 Å². The van der Waals surface area contributed by atoms with Crippen molar-refractivity contribution in [3.63, 3.8) is 0 Å².